The van der Waals surface area contributed by atoms with Gasteiger partial charge in [-0.25, -0.2) is 0 Å². The number of benzene rings is 1. The molecule has 2 amide bonds. The quantitative estimate of drug-likeness (QED) is 0.282. The maximum Gasteiger partial charge on any atom is 0.471 e. The fourth-order valence-corrected chi connectivity index (χ4v) is 5.09. The van der Waals surface area contributed by atoms with Crippen LogP contribution in [0.25, 0.3) is 0 Å². The first-order valence-electron chi connectivity index (χ1n) is 11.9. The van der Waals surface area contributed by atoms with Crippen LogP contribution >= 0.6 is 12.2 Å². The number of anilines is 1. The molecule has 7 nitrogen and oxygen atoms in total. The molecule has 1 aromatic rings. The highest BCUT2D eigenvalue weighted by molar-refractivity contribution is 7.80. The lowest BCUT2D eigenvalue weighted by Gasteiger charge is -2.35. The number of thiocarbonyl (C=S) groups is 1. The van der Waals surface area contributed by atoms with E-state index in [2.05, 4.69) is 0 Å². The van der Waals surface area contributed by atoms with E-state index in [1.54, 1.807) is 18.7 Å². The number of nitriles is 1. The molecule has 0 radical (unpaired) electrons. The Morgan fingerprint density at radius 3 is 2.18 bits per heavy atom. The summed E-state index contributed by atoms with van der Waals surface area (Å²) in [6.45, 7) is 5.01. The summed E-state index contributed by atoms with van der Waals surface area (Å²) < 4.78 is 78.0. The molecule has 2 heterocycles. The smallest absolute Gasteiger partial charge is 0.334 e. The van der Waals surface area contributed by atoms with Crippen molar-refractivity contribution in [2.24, 2.45) is 0 Å². The van der Waals surface area contributed by atoms with Crippen LogP contribution in [0.3, 0.4) is 0 Å². The zero-order chi connectivity index (χ0) is 28.5. The van der Waals surface area contributed by atoms with Crippen LogP contribution in [-0.2, 0) is 15.8 Å². The zero-order valence-corrected chi connectivity index (χ0v) is 21.6. The Balaban J connectivity index is 1.54. The molecule has 2 fully saturated rings. The molecule has 3 rings (SSSR count). The highest BCUT2D eigenvalue weighted by atomic mass is 32.1. The van der Waals surface area contributed by atoms with Crippen molar-refractivity contribution < 1.29 is 35.9 Å². The number of hydrogen-bond donors (Lipinski definition) is 0. The summed E-state index contributed by atoms with van der Waals surface area (Å²) in [7, 11) is 0. The Kier molecular flexibility index (Phi) is 8.62. The second-order valence-corrected chi connectivity index (χ2v) is 10.0. The molecule has 0 N–H and O–H groups in total. The average Bonchev–Trinajstić information content (AvgIpc) is 3.01. The van der Waals surface area contributed by atoms with Crippen LogP contribution in [0.1, 0.15) is 44.2 Å². The second kappa shape index (κ2) is 11.1. The van der Waals surface area contributed by atoms with Gasteiger partial charge in [0.15, 0.2) is 5.11 Å². The molecule has 1 aromatic carbocycles. The van der Waals surface area contributed by atoms with Gasteiger partial charge in [0.05, 0.1) is 22.9 Å². The van der Waals surface area contributed by atoms with E-state index in [1.807, 2.05) is 4.90 Å². The fraction of sp³-hybridized carbons (Fsp3) is 0.583. The third-order valence-electron chi connectivity index (χ3n) is 6.77. The lowest BCUT2D eigenvalue weighted by atomic mass is 10.0. The Hall–Kier alpha value is -2.92. The summed E-state index contributed by atoms with van der Waals surface area (Å²) >= 11 is 5.47. The van der Waals surface area contributed by atoms with E-state index in [-0.39, 0.29) is 23.9 Å². The van der Waals surface area contributed by atoms with E-state index in [1.165, 1.54) is 12.1 Å². The number of nitrogens with zero attached hydrogens (tertiary/aromatic N) is 5. The summed E-state index contributed by atoms with van der Waals surface area (Å²) in [5.41, 5.74) is -2.86. The predicted molar refractivity (Wildman–Crippen MR) is 130 cm³/mol. The van der Waals surface area contributed by atoms with E-state index in [0.29, 0.717) is 32.6 Å². The largest absolute Gasteiger partial charge is 0.471 e. The van der Waals surface area contributed by atoms with Crippen molar-refractivity contribution in [2.45, 2.75) is 51.0 Å². The van der Waals surface area contributed by atoms with Crippen molar-refractivity contribution in [3.63, 3.8) is 0 Å². The number of hydrogen-bond acceptors (Lipinski definition) is 5. The Labute approximate surface area is 221 Å². The van der Waals surface area contributed by atoms with E-state index in [9.17, 15) is 35.9 Å². The minimum Gasteiger partial charge on any atom is -0.334 e. The number of alkyl halides is 6. The van der Waals surface area contributed by atoms with Crippen LogP contribution in [-0.4, -0.2) is 82.6 Å². The minimum atomic E-state index is -4.87. The molecule has 0 unspecified atom stereocenters. The van der Waals surface area contributed by atoms with Crippen LogP contribution in [0.5, 0.6) is 0 Å². The van der Waals surface area contributed by atoms with Crippen molar-refractivity contribution in [1.82, 2.24) is 14.7 Å². The Bertz CT molecular complexity index is 1120. The van der Waals surface area contributed by atoms with Crippen molar-refractivity contribution >= 4 is 34.8 Å². The van der Waals surface area contributed by atoms with Gasteiger partial charge in [0, 0.05) is 32.7 Å². The van der Waals surface area contributed by atoms with Crippen LogP contribution in [0.15, 0.2) is 18.2 Å². The SMILES string of the molecule is CC1(C)C(=O)N(c2ccc(C#N)c(C(F)(F)F)c2)C(=S)N1CCCCCN1CCN(C(=O)C(F)(F)F)CC1. The molecule has 2 aliphatic heterocycles. The molecule has 2 aliphatic rings. The van der Waals surface area contributed by atoms with Gasteiger partial charge in [-0.3, -0.25) is 19.4 Å². The number of carbonyl (C=O) groups is 2. The van der Waals surface area contributed by atoms with Gasteiger partial charge in [-0.05, 0) is 63.7 Å². The maximum absolute atomic E-state index is 13.4. The van der Waals surface area contributed by atoms with E-state index >= 15 is 0 Å². The molecule has 14 heteroatoms. The Morgan fingerprint density at radius 1 is 1.03 bits per heavy atom. The molecule has 0 spiro atoms. The maximum atomic E-state index is 13.4. The summed E-state index contributed by atoms with van der Waals surface area (Å²) in [6, 6.07) is 4.55. The first-order chi connectivity index (χ1) is 17.6. The molecule has 0 aliphatic carbocycles. The number of piperazine rings is 1. The van der Waals surface area contributed by atoms with E-state index in [0.717, 1.165) is 34.8 Å². The molecular weight excluding hydrogens is 536 g/mol. The van der Waals surface area contributed by atoms with E-state index in [4.69, 9.17) is 17.5 Å². The van der Waals surface area contributed by atoms with Crippen LogP contribution in [0, 0.1) is 11.3 Å². The third-order valence-corrected chi connectivity index (χ3v) is 7.17. The molecule has 2 saturated heterocycles. The molecule has 0 aromatic heterocycles. The van der Waals surface area contributed by atoms with Crippen molar-refractivity contribution in [3.05, 3.63) is 29.3 Å². The average molecular weight is 564 g/mol. The number of rotatable bonds is 7. The molecule has 0 saturated carbocycles. The van der Waals surface area contributed by atoms with Gasteiger partial charge >= 0.3 is 18.3 Å². The number of halogens is 6. The van der Waals surface area contributed by atoms with Gasteiger partial charge in [-0.2, -0.15) is 31.6 Å². The summed E-state index contributed by atoms with van der Waals surface area (Å²) in [5.74, 6) is -2.30. The summed E-state index contributed by atoms with van der Waals surface area (Å²) in [4.78, 5) is 30.0. The summed E-state index contributed by atoms with van der Waals surface area (Å²) in [5, 5.41) is 9.10. The van der Waals surface area contributed by atoms with Gasteiger partial charge in [-0.1, -0.05) is 6.42 Å². The van der Waals surface area contributed by atoms with Crippen molar-refractivity contribution in [1.29, 1.82) is 5.26 Å². The summed E-state index contributed by atoms with van der Waals surface area (Å²) in [6.07, 6.45) is -7.57. The van der Waals surface area contributed by atoms with E-state index < -0.39 is 40.8 Å². The van der Waals surface area contributed by atoms with Crippen LogP contribution < -0.4 is 4.90 Å². The van der Waals surface area contributed by atoms with Crippen LogP contribution in [0.4, 0.5) is 32.0 Å². The predicted octanol–water partition coefficient (Wildman–Crippen LogP) is 4.17. The fourth-order valence-electron chi connectivity index (χ4n) is 4.58. The highest BCUT2D eigenvalue weighted by Gasteiger charge is 2.49. The highest BCUT2D eigenvalue weighted by Crippen LogP contribution is 2.38. The first-order valence-corrected chi connectivity index (χ1v) is 12.4. The molecule has 0 atom stereocenters. The van der Waals surface area contributed by atoms with Gasteiger partial charge in [0.2, 0.25) is 0 Å². The molecule has 208 valence electrons. The lowest BCUT2D eigenvalue weighted by Crippen LogP contribution is -2.52. The topological polar surface area (TPSA) is 70.9 Å². The van der Waals surface area contributed by atoms with Crippen LogP contribution in [0.2, 0.25) is 0 Å². The standard InChI is InChI=1S/C24H27F6N5O2S/c1-22(2)19(36)35(17-7-6-16(15-31)18(14-17)23(25,26)27)21(38)34(22)9-5-3-4-8-32-10-12-33(13-11-32)20(37)24(28,29)30/h6-7,14H,3-5,8-13H2,1-2H3. The third kappa shape index (κ3) is 6.20. The van der Waals surface area contributed by atoms with Gasteiger partial charge < -0.3 is 9.80 Å². The van der Waals surface area contributed by atoms with Gasteiger partial charge in [0.25, 0.3) is 5.91 Å². The minimum absolute atomic E-state index is 0.0118. The molecule has 0 bridgehead atoms. The van der Waals surface area contributed by atoms with Crippen molar-refractivity contribution in [3.8, 4) is 6.07 Å². The zero-order valence-electron chi connectivity index (χ0n) is 20.8. The number of amides is 2. The Morgan fingerprint density at radius 2 is 1.63 bits per heavy atom. The molecule has 38 heavy (non-hydrogen) atoms. The molecular formula is C24H27F6N5O2S. The first kappa shape index (κ1) is 29.6. The van der Waals surface area contributed by atoms with Gasteiger partial charge in [0.1, 0.15) is 5.54 Å². The number of carbonyl (C=O) groups excluding carboxylic acids is 2. The monoisotopic (exact) mass is 563 g/mol. The van der Waals surface area contributed by atoms with Gasteiger partial charge in [-0.15, -0.1) is 0 Å². The number of unbranched alkanes of at least 4 members (excludes halogenated alkanes) is 2. The lowest BCUT2D eigenvalue weighted by molar-refractivity contribution is -0.187. The second-order valence-electron chi connectivity index (χ2n) is 9.67. The van der Waals surface area contributed by atoms with Crippen molar-refractivity contribution in [2.75, 3.05) is 44.2 Å². The normalized spacial score (nSPS) is 18.8.